The number of benzene rings is 3. The summed E-state index contributed by atoms with van der Waals surface area (Å²) in [6, 6.07) is 20.6. The van der Waals surface area contributed by atoms with Crippen LogP contribution in [-0.2, 0) is 11.3 Å². The van der Waals surface area contributed by atoms with E-state index in [-0.39, 0.29) is 16.9 Å². The van der Waals surface area contributed by atoms with Crippen molar-refractivity contribution >= 4 is 40.6 Å². The lowest BCUT2D eigenvalue weighted by molar-refractivity contribution is -0.144. The first-order chi connectivity index (χ1) is 16.2. The third-order valence-corrected chi connectivity index (χ3v) is 6.28. The molecule has 0 aliphatic carbocycles. The van der Waals surface area contributed by atoms with E-state index < -0.39 is 12.0 Å². The smallest absolute Gasteiger partial charge is 0.326 e. The van der Waals surface area contributed by atoms with E-state index in [0.717, 1.165) is 33.6 Å². The molecule has 1 atom stereocenters. The van der Waals surface area contributed by atoms with Crippen LogP contribution in [0.15, 0.2) is 66.7 Å². The molecule has 0 spiro atoms. The van der Waals surface area contributed by atoms with Crippen LogP contribution in [-0.4, -0.2) is 33.0 Å². The minimum Gasteiger partial charge on any atom is -0.480 e. The number of aryl methyl sites for hydroxylation is 1. The van der Waals surface area contributed by atoms with Crippen LogP contribution >= 0.6 is 12.2 Å². The van der Waals surface area contributed by atoms with Crippen LogP contribution in [0.4, 0.5) is 11.4 Å². The number of fused-ring (bicyclic) bond motifs is 1. The van der Waals surface area contributed by atoms with Crippen LogP contribution in [0, 0.1) is 12.8 Å². The number of anilines is 2. The lowest BCUT2D eigenvalue weighted by Crippen LogP contribution is -2.44. The second-order valence-electron chi connectivity index (χ2n) is 8.89. The van der Waals surface area contributed by atoms with Gasteiger partial charge >= 0.3 is 5.97 Å². The van der Waals surface area contributed by atoms with Gasteiger partial charge in [0.25, 0.3) is 5.91 Å². The van der Waals surface area contributed by atoms with Crippen molar-refractivity contribution in [2.75, 3.05) is 4.90 Å². The second-order valence-corrected chi connectivity index (χ2v) is 9.31. The van der Waals surface area contributed by atoms with Crippen molar-refractivity contribution in [2.45, 2.75) is 33.4 Å². The van der Waals surface area contributed by atoms with Crippen LogP contribution in [0.1, 0.15) is 35.3 Å². The van der Waals surface area contributed by atoms with Gasteiger partial charge in [-0.25, -0.2) is 4.79 Å². The van der Waals surface area contributed by atoms with Crippen molar-refractivity contribution in [2.24, 2.45) is 11.7 Å². The normalized spacial score (nSPS) is 13.6. The number of amides is 1. The lowest BCUT2D eigenvalue weighted by atomic mass is 10.00. The average Bonchev–Trinajstić information content (AvgIpc) is 3.09. The van der Waals surface area contributed by atoms with E-state index in [4.69, 9.17) is 18.0 Å². The molecule has 1 aliphatic rings. The number of nitrogens with two attached hydrogens (primary N) is 1. The van der Waals surface area contributed by atoms with E-state index in [9.17, 15) is 14.7 Å². The van der Waals surface area contributed by atoms with E-state index in [2.05, 4.69) is 0 Å². The molecule has 6 nitrogen and oxygen atoms in total. The summed E-state index contributed by atoms with van der Waals surface area (Å²) in [5.74, 6) is -1.41. The van der Waals surface area contributed by atoms with Crippen LogP contribution < -0.4 is 10.6 Å². The topological polar surface area (TPSA) is 86.9 Å². The first kappa shape index (κ1) is 23.4. The van der Waals surface area contributed by atoms with Crippen molar-refractivity contribution in [3.63, 3.8) is 0 Å². The Morgan fingerprint density at radius 1 is 1.03 bits per heavy atom. The van der Waals surface area contributed by atoms with E-state index in [1.165, 1.54) is 4.90 Å². The van der Waals surface area contributed by atoms with E-state index in [1.54, 1.807) is 0 Å². The Balaban J connectivity index is 1.62. The molecule has 1 aliphatic heterocycles. The first-order valence-corrected chi connectivity index (χ1v) is 11.5. The summed E-state index contributed by atoms with van der Waals surface area (Å²) in [5.41, 5.74) is 12.1. The molecule has 7 heteroatoms. The van der Waals surface area contributed by atoms with Gasteiger partial charge in [0.1, 0.15) is 6.04 Å². The largest absolute Gasteiger partial charge is 0.480 e. The molecule has 0 bridgehead atoms. The highest BCUT2D eigenvalue weighted by Gasteiger charge is 2.38. The van der Waals surface area contributed by atoms with E-state index >= 15 is 0 Å². The van der Waals surface area contributed by atoms with Gasteiger partial charge in [-0.2, -0.15) is 0 Å². The molecule has 0 unspecified atom stereocenters. The monoisotopic (exact) mass is 473 g/mol. The molecule has 3 aromatic rings. The van der Waals surface area contributed by atoms with Crippen molar-refractivity contribution in [1.29, 1.82) is 0 Å². The maximum Gasteiger partial charge on any atom is 0.326 e. The van der Waals surface area contributed by atoms with Crippen molar-refractivity contribution < 1.29 is 14.7 Å². The predicted molar refractivity (Wildman–Crippen MR) is 138 cm³/mol. The third-order valence-electron chi connectivity index (χ3n) is 6.10. The number of nitrogens with zero attached hydrogens (tertiary/aromatic N) is 2. The molecule has 3 N–H and O–H groups in total. The van der Waals surface area contributed by atoms with Crippen molar-refractivity contribution in [3.8, 4) is 11.1 Å². The number of aliphatic carboxylic acids is 1. The summed E-state index contributed by atoms with van der Waals surface area (Å²) in [6.07, 6.45) is 0. The molecule has 0 saturated carbocycles. The summed E-state index contributed by atoms with van der Waals surface area (Å²) in [5, 5.41) is 9.87. The quantitative estimate of drug-likeness (QED) is 0.484. The maximum atomic E-state index is 13.1. The zero-order chi connectivity index (χ0) is 24.6. The third kappa shape index (κ3) is 4.39. The Morgan fingerprint density at radius 3 is 2.29 bits per heavy atom. The number of carboxylic acids is 1. The zero-order valence-corrected chi connectivity index (χ0v) is 20.2. The number of carbonyl (C=O) groups is 2. The molecule has 0 fully saturated rings. The Bertz CT molecular complexity index is 1270. The van der Waals surface area contributed by atoms with Crippen molar-refractivity contribution in [3.05, 3.63) is 83.4 Å². The Labute approximate surface area is 204 Å². The number of hydrogen-bond donors (Lipinski definition) is 2. The van der Waals surface area contributed by atoms with E-state index in [1.807, 2.05) is 92.4 Å². The molecule has 1 amide bonds. The Morgan fingerprint density at radius 2 is 1.71 bits per heavy atom. The molecule has 0 radical (unpaired) electrons. The summed E-state index contributed by atoms with van der Waals surface area (Å²) in [4.78, 5) is 28.1. The highest BCUT2D eigenvalue weighted by atomic mass is 32.1. The number of carbonyl (C=O) groups excluding carboxylic acids is 1. The van der Waals surface area contributed by atoms with Crippen LogP contribution in [0.2, 0.25) is 0 Å². The minimum absolute atomic E-state index is 0.187. The number of rotatable bonds is 6. The summed E-state index contributed by atoms with van der Waals surface area (Å²) in [7, 11) is 0. The molecule has 174 valence electrons. The highest BCUT2D eigenvalue weighted by molar-refractivity contribution is 7.80. The van der Waals surface area contributed by atoms with Gasteiger partial charge in [0.2, 0.25) is 0 Å². The van der Waals surface area contributed by atoms with Gasteiger partial charge in [-0.05, 0) is 77.6 Å². The highest BCUT2D eigenvalue weighted by Crippen LogP contribution is 2.33. The number of thiocarbonyl (C=S) groups is 1. The van der Waals surface area contributed by atoms with Crippen LogP contribution in [0.5, 0.6) is 0 Å². The SMILES string of the molecule is Cc1cccc(N(C(N)=S)c2ccc(-c3ccc4c(c3)C(=O)N([C@H](C(=O)O)C(C)C)C4)cc2)c1. The Hall–Kier alpha value is -3.71. The summed E-state index contributed by atoms with van der Waals surface area (Å²) in [6.45, 7) is 5.95. The zero-order valence-electron chi connectivity index (χ0n) is 19.4. The fraction of sp³-hybridized carbons (Fsp3) is 0.222. The number of hydrogen-bond acceptors (Lipinski definition) is 3. The van der Waals surface area contributed by atoms with Crippen molar-refractivity contribution in [1.82, 2.24) is 4.90 Å². The molecular formula is C27H27N3O3S. The van der Waals surface area contributed by atoms with Gasteiger partial charge in [-0.3, -0.25) is 9.69 Å². The van der Waals surface area contributed by atoms with Gasteiger partial charge in [-0.15, -0.1) is 0 Å². The second kappa shape index (κ2) is 9.27. The molecule has 34 heavy (non-hydrogen) atoms. The Kier molecular flexibility index (Phi) is 6.39. The van der Waals surface area contributed by atoms with Gasteiger partial charge in [0, 0.05) is 23.5 Å². The molecule has 1 heterocycles. The van der Waals surface area contributed by atoms with Crippen LogP contribution in [0.25, 0.3) is 11.1 Å². The molecule has 4 rings (SSSR count). The standard InChI is InChI=1S/C27H27N3O3S/c1-16(2)24(26(32)33)29-15-20-8-7-19(14-23(20)25(29)31)18-9-11-21(12-10-18)30(27(28)34)22-6-4-5-17(3)13-22/h4-14,16,24H,15H2,1-3H3,(H2,28,34)(H,32,33)/t24-/m0/s1. The van der Waals surface area contributed by atoms with Gasteiger partial charge < -0.3 is 15.7 Å². The van der Waals surface area contributed by atoms with Gasteiger partial charge in [0.05, 0.1) is 0 Å². The molecule has 0 aromatic heterocycles. The number of carboxylic acid groups (broad SMARTS) is 1. The van der Waals surface area contributed by atoms with Crippen LogP contribution in [0.3, 0.4) is 0 Å². The molecule has 0 saturated heterocycles. The molecule has 3 aromatic carbocycles. The van der Waals surface area contributed by atoms with Gasteiger partial charge in [-0.1, -0.05) is 50.2 Å². The maximum absolute atomic E-state index is 13.1. The summed E-state index contributed by atoms with van der Waals surface area (Å²) < 4.78 is 0. The average molecular weight is 474 g/mol. The lowest BCUT2D eigenvalue weighted by Gasteiger charge is -2.27. The first-order valence-electron chi connectivity index (χ1n) is 11.1. The fourth-order valence-corrected chi connectivity index (χ4v) is 4.69. The fourth-order valence-electron chi connectivity index (χ4n) is 4.48. The minimum atomic E-state index is -0.983. The van der Waals surface area contributed by atoms with E-state index in [0.29, 0.717) is 12.1 Å². The predicted octanol–water partition coefficient (Wildman–Crippen LogP) is 5.11. The molecular weight excluding hydrogens is 446 g/mol. The van der Waals surface area contributed by atoms with Gasteiger partial charge in [0.15, 0.2) is 5.11 Å². The summed E-state index contributed by atoms with van der Waals surface area (Å²) >= 11 is 5.31.